The van der Waals surface area contributed by atoms with Crippen molar-refractivity contribution in [1.29, 1.82) is 0 Å². The van der Waals surface area contributed by atoms with Crippen LogP contribution >= 0.6 is 0 Å². The zero-order chi connectivity index (χ0) is 8.13. The maximum atomic E-state index is 3.56. The molecule has 5 unspecified atom stereocenters. The van der Waals surface area contributed by atoms with Crippen molar-refractivity contribution in [1.82, 2.24) is 5.32 Å². The molecule has 12 heavy (non-hydrogen) atoms. The van der Waals surface area contributed by atoms with Crippen molar-refractivity contribution in [3.05, 3.63) is 0 Å². The normalized spacial score (nSPS) is 56.2. The van der Waals surface area contributed by atoms with Crippen LogP contribution in [0, 0.1) is 23.7 Å². The monoisotopic (exact) mass is 165 g/mol. The van der Waals surface area contributed by atoms with Crippen LogP contribution in [-0.4, -0.2) is 13.1 Å². The van der Waals surface area contributed by atoms with Gasteiger partial charge in [0.05, 0.1) is 0 Å². The fraction of sp³-hybridized carbons (Fsp3) is 1.00. The number of fused-ring (bicyclic) bond motifs is 2. The number of hydrogen-bond donors (Lipinski definition) is 1. The zero-order valence-corrected chi connectivity index (χ0v) is 7.92. The van der Waals surface area contributed by atoms with Crippen LogP contribution in [0.5, 0.6) is 0 Å². The van der Waals surface area contributed by atoms with E-state index < -0.39 is 0 Å². The fourth-order valence-electron chi connectivity index (χ4n) is 4.34. The van der Waals surface area contributed by atoms with Crippen LogP contribution in [0.25, 0.3) is 0 Å². The lowest BCUT2D eigenvalue weighted by atomic mass is 9.68. The highest BCUT2D eigenvalue weighted by Crippen LogP contribution is 2.54. The maximum Gasteiger partial charge on any atom is 0.0123 e. The molecule has 0 aromatic heterocycles. The molecule has 3 aliphatic carbocycles. The van der Waals surface area contributed by atoms with Gasteiger partial charge >= 0.3 is 0 Å². The highest BCUT2D eigenvalue weighted by Gasteiger charge is 2.49. The molecule has 68 valence electrons. The van der Waals surface area contributed by atoms with Gasteiger partial charge in [0.2, 0.25) is 0 Å². The molecule has 3 rings (SSSR count). The minimum atomic E-state index is 0.891. The quantitative estimate of drug-likeness (QED) is 0.627. The van der Waals surface area contributed by atoms with E-state index in [-0.39, 0.29) is 0 Å². The van der Waals surface area contributed by atoms with Gasteiger partial charge in [-0.15, -0.1) is 0 Å². The predicted molar refractivity (Wildman–Crippen MR) is 49.9 cm³/mol. The Hall–Kier alpha value is -0.0400. The molecule has 1 heteroatoms. The van der Waals surface area contributed by atoms with Crippen molar-refractivity contribution in [3.63, 3.8) is 0 Å². The van der Waals surface area contributed by atoms with Crippen molar-refractivity contribution >= 4 is 0 Å². The molecule has 5 atom stereocenters. The molecule has 0 aromatic carbocycles. The Bertz CT molecular complexity index is 189. The lowest BCUT2D eigenvalue weighted by Crippen LogP contribution is -2.46. The highest BCUT2D eigenvalue weighted by atomic mass is 14.9. The third-order valence-corrected chi connectivity index (χ3v) is 4.69. The zero-order valence-electron chi connectivity index (χ0n) is 7.92. The first-order chi connectivity index (χ1) is 5.88. The van der Waals surface area contributed by atoms with Crippen molar-refractivity contribution < 1.29 is 0 Å². The number of hydrogen-bond acceptors (Lipinski definition) is 1. The van der Waals surface area contributed by atoms with E-state index in [0.717, 1.165) is 29.7 Å². The third-order valence-electron chi connectivity index (χ3n) is 4.69. The molecule has 0 aromatic rings. The summed E-state index contributed by atoms with van der Waals surface area (Å²) in [5.74, 6) is 4.33. The topological polar surface area (TPSA) is 12.0 Å². The lowest BCUT2D eigenvalue weighted by Gasteiger charge is -2.42. The molecule has 3 aliphatic rings. The van der Waals surface area contributed by atoms with Gasteiger partial charge in [-0.2, -0.15) is 0 Å². The summed E-state index contributed by atoms with van der Waals surface area (Å²) in [4.78, 5) is 0. The van der Waals surface area contributed by atoms with E-state index in [1.165, 1.54) is 6.42 Å². The molecule has 1 N–H and O–H groups in total. The first-order valence-electron chi connectivity index (χ1n) is 5.55. The Balaban J connectivity index is 1.91. The predicted octanol–water partition coefficient (Wildman–Crippen LogP) is 2.03. The van der Waals surface area contributed by atoms with E-state index in [1.54, 1.807) is 25.7 Å². The minimum absolute atomic E-state index is 0.891. The van der Waals surface area contributed by atoms with Gasteiger partial charge in [-0.25, -0.2) is 0 Å². The Morgan fingerprint density at radius 1 is 1.00 bits per heavy atom. The van der Waals surface area contributed by atoms with E-state index in [0.29, 0.717) is 0 Å². The average molecular weight is 165 g/mol. The second-order valence-electron chi connectivity index (χ2n) is 5.15. The largest absolute Gasteiger partial charge is 0.316 e. The van der Waals surface area contributed by atoms with E-state index >= 15 is 0 Å². The molecule has 3 fully saturated rings. The van der Waals surface area contributed by atoms with Gasteiger partial charge in [0.1, 0.15) is 0 Å². The summed E-state index contributed by atoms with van der Waals surface area (Å²) in [6.45, 7) is 0. The van der Waals surface area contributed by atoms with Crippen LogP contribution in [0.1, 0.15) is 32.1 Å². The average Bonchev–Trinajstić information content (AvgIpc) is 2.28. The summed E-state index contributed by atoms with van der Waals surface area (Å²) in [6.07, 6.45) is 7.72. The second-order valence-corrected chi connectivity index (χ2v) is 5.15. The summed E-state index contributed by atoms with van der Waals surface area (Å²) in [6, 6.07) is 0.891. The van der Waals surface area contributed by atoms with Crippen molar-refractivity contribution in [2.75, 3.05) is 7.05 Å². The maximum absolute atomic E-state index is 3.56. The van der Waals surface area contributed by atoms with Gasteiger partial charge in [0.25, 0.3) is 0 Å². The minimum Gasteiger partial charge on any atom is -0.316 e. The van der Waals surface area contributed by atoms with E-state index in [9.17, 15) is 0 Å². The smallest absolute Gasteiger partial charge is 0.0123 e. The van der Waals surface area contributed by atoms with Gasteiger partial charge in [-0.1, -0.05) is 0 Å². The van der Waals surface area contributed by atoms with Crippen LogP contribution in [0.15, 0.2) is 0 Å². The van der Waals surface area contributed by atoms with Crippen LogP contribution in [0.2, 0.25) is 0 Å². The van der Waals surface area contributed by atoms with Gasteiger partial charge in [-0.05, 0) is 62.8 Å². The first kappa shape index (κ1) is 7.37. The third kappa shape index (κ3) is 0.834. The van der Waals surface area contributed by atoms with Crippen LogP contribution < -0.4 is 5.32 Å². The summed E-state index contributed by atoms with van der Waals surface area (Å²) < 4.78 is 0. The molecule has 3 saturated carbocycles. The SMILES string of the molecule is CNC1C2CCC3CC(C2)CC31. The number of nitrogens with one attached hydrogen (secondary N) is 1. The Labute approximate surface area is 74.9 Å². The lowest BCUT2D eigenvalue weighted by molar-refractivity contribution is 0.119. The molecule has 0 radical (unpaired) electrons. The highest BCUT2D eigenvalue weighted by molar-refractivity contribution is 5.02. The summed E-state index contributed by atoms with van der Waals surface area (Å²) in [5.41, 5.74) is 0. The summed E-state index contributed by atoms with van der Waals surface area (Å²) in [5, 5.41) is 3.56. The van der Waals surface area contributed by atoms with Crippen LogP contribution in [0.3, 0.4) is 0 Å². The molecule has 0 spiro atoms. The molecular formula is C11H19N. The molecule has 3 bridgehead atoms. The van der Waals surface area contributed by atoms with E-state index in [2.05, 4.69) is 12.4 Å². The Kier molecular flexibility index (Phi) is 1.52. The summed E-state index contributed by atoms with van der Waals surface area (Å²) in [7, 11) is 2.17. The van der Waals surface area contributed by atoms with Gasteiger partial charge in [0, 0.05) is 6.04 Å². The second kappa shape index (κ2) is 2.47. The van der Waals surface area contributed by atoms with Crippen LogP contribution in [-0.2, 0) is 0 Å². The molecular weight excluding hydrogens is 146 g/mol. The first-order valence-corrected chi connectivity index (χ1v) is 5.55. The Morgan fingerprint density at radius 2 is 1.75 bits per heavy atom. The standard InChI is InChI=1S/C11H19N/c1-12-11-9-3-2-8-4-7(5-9)6-10(8)11/h7-12H,2-6H2,1H3. The van der Waals surface area contributed by atoms with Gasteiger partial charge in [0.15, 0.2) is 0 Å². The van der Waals surface area contributed by atoms with Crippen LogP contribution in [0.4, 0.5) is 0 Å². The molecule has 0 aliphatic heterocycles. The molecule has 0 heterocycles. The number of rotatable bonds is 1. The fourth-order valence-corrected chi connectivity index (χ4v) is 4.34. The molecule has 1 nitrogen and oxygen atoms in total. The molecule has 0 saturated heterocycles. The van der Waals surface area contributed by atoms with Crippen molar-refractivity contribution in [2.24, 2.45) is 23.7 Å². The Morgan fingerprint density at radius 3 is 2.58 bits per heavy atom. The van der Waals surface area contributed by atoms with Gasteiger partial charge < -0.3 is 5.32 Å². The van der Waals surface area contributed by atoms with Crippen molar-refractivity contribution in [3.8, 4) is 0 Å². The van der Waals surface area contributed by atoms with Crippen molar-refractivity contribution in [2.45, 2.75) is 38.1 Å². The summed E-state index contributed by atoms with van der Waals surface area (Å²) >= 11 is 0. The molecule has 0 amide bonds. The van der Waals surface area contributed by atoms with E-state index in [4.69, 9.17) is 0 Å². The van der Waals surface area contributed by atoms with Gasteiger partial charge in [-0.3, -0.25) is 0 Å². The van der Waals surface area contributed by atoms with E-state index in [1.807, 2.05) is 0 Å².